The van der Waals surface area contributed by atoms with Gasteiger partial charge in [0.1, 0.15) is 5.15 Å². The first-order valence-electron chi connectivity index (χ1n) is 8.19. The molecular weight excluding hydrogens is 334 g/mol. The lowest BCUT2D eigenvalue weighted by Crippen LogP contribution is -2.32. The largest absolute Gasteiger partial charge is 0.351 e. The fourth-order valence-electron chi connectivity index (χ4n) is 2.76. The molecule has 1 N–H and O–H groups in total. The third kappa shape index (κ3) is 4.56. The summed E-state index contributed by atoms with van der Waals surface area (Å²) >= 11 is 6.04. The van der Waals surface area contributed by atoms with Gasteiger partial charge in [-0.05, 0) is 24.7 Å². The summed E-state index contributed by atoms with van der Waals surface area (Å²) in [6, 6.07) is 19.4. The molecule has 0 saturated heterocycles. The summed E-state index contributed by atoms with van der Waals surface area (Å²) in [5.41, 5.74) is 2.53. The van der Waals surface area contributed by atoms with Crippen LogP contribution in [0.25, 0.3) is 10.9 Å². The number of amides is 1. The van der Waals surface area contributed by atoms with Gasteiger partial charge in [-0.3, -0.25) is 4.79 Å². The lowest BCUT2D eigenvalue weighted by molar-refractivity contribution is 0.0951. The predicted octanol–water partition coefficient (Wildman–Crippen LogP) is 3.75. The highest BCUT2D eigenvalue weighted by Crippen LogP contribution is 2.20. The van der Waals surface area contributed by atoms with Crippen molar-refractivity contribution < 1.29 is 4.79 Å². The molecular formula is C20H20ClN3O. The fourth-order valence-corrected chi connectivity index (χ4v) is 2.96. The van der Waals surface area contributed by atoms with Gasteiger partial charge in [0.2, 0.25) is 0 Å². The molecule has 0 aliphatic carbocycles. The summed E-state index contributed by atoms with van der Waals surface area (Å²) in [4.78, 5) is 19.0. The SMILES string of the molecule is CN(CCNC(=O)c1cc(Cl)nc2ccccc12)Cc1ccccc1. The molecule has 0 fully saturated rings. The number of carbonyl (C=O) groups is 1. The van der Waals surface area contributed by atoms with Crippen LogP contribution in [0.2, 0.25) is 5.15 Å². The van der Waals surface area contributed by atoms with E-state index in [1.54, 1.807) is 6.07 Å². The average molecular weight is 354 g/mol. The monoisotopic (exact) mass is 353 g/mol. The first-order chi connectivity index (χ1) is 12.1. The third-order valence-electron chi connectivity index (χ3n) is 4.00. The number of rotatable bonds is 6. The minimum absolute atomic E-state index is 0.131. The van der Waals surface area contributed by atoms with Crippen molar-refractivity contribution in [1.82, 2.24) is 15.2 Å². The second-order valence-corrected chi connectivity index (χ2v) is 6.38. The maximum absolute atomic E-state index is 12.5. The summed E-state index contributed by atoms with van der Waals surface area (Å²) in [6.45, 7) is 2.18. The molecule has 0 aliphatic heterocycles. The molecule has 25 heavy (non-hydrogen) atoms. The van der Waals surface area contributed by atoms with Gasteiger partial charge >= 0.3 is 0 Å². The number of nitrogens with zero attached hydrogens (tertiary/aromatic N) is 2. The van der Waals surface area contributed by atoms with E-state index in [1.165, 1.54) is 5.56 Å². The lowest BCUT2D eigenvalue weighted by atomic mass is 10.1. The Morgan fingerprint density at radius 2 is 1.84 bits per heavy atom. The van der Waals surface area contributed by atoms with Crippen molar-refractivity contribution in [2.75, 3.05) is 20.1 Å². The molecule has 0 aliphatic rings. The van der Waals surface area contributed by atoms with Crippen molar-refractivity contribution in [1.29, 1.82) is 0 Å². The Morgan fingerprint density at radius 1 is 1.12 bits per heavy atom. The van der Waals surface area contributed by atoms with Crippen molar-refractivity contribution in [3.8, 4) is 0 Å². The van der Waals surface area contributed by atoms with E-state index in [-0.39, 0.29) is 5.91 Å². The second kappa shape index (κ2) is 8.10. The highest BCUT2D eigenvalue weighted by atomic mass is 35.5. The van der Waals surface area contributed by atoms with Crippen LogP contribution in [0.3, 0.4) is 0 Å². The van der Waals surface area contributed by atoms with Crippen molar-refractivity contribution in [2.45, 2.75) is 6.54 Å². The van der Waals surface area contributed by atoms with Crippen LogP contribution in [0.4, 0.5) is 0 Å². The van der Waals surface area contributed by atoms with E-state index in [4.69, 9.17) is 11.6 Å². The van der Waals surface area contributed by atoms with Gasteiger partial charge in [0, 0.05) is 25.0 Å². The van der Waals surface area contributed by atoms with E-state index in [0.717, 1.165) is 24.0 Å². The molecule has 0 atom stereocenters. The first-order valence-corrected chi connectivity index (χ1v) is 8.57. The smallest absolute Gasteiger partial charge is 0.252 e. The zero-order chi connectivity index (χ0) is 17.6. The quantitative estimate of drug-likeness (QED) is 0.686. The molecule has 5 heteroatoms. The molecule has 1 amide bonds. The van der Waals surface area contributed by atoms with Gasteiger partial charge in [0.25, 0.3) is 5.91 Å². The number of hydrogen-bond donors (Lipinski definition) is 1. The van der Waals surface area contributed by atoms with Crippen molar-refractivity contribution in [3.63, 3.8) is 0 Å². The van der Waals surface area contributed by atoms with Gasteiger partial charge in [-0.15, -0.1) is 0 Å². The van der Waals surface area contributed by atoms with E-state index < -0.39 is 0 Å². The minimum Gasteiger partial charge on any atom is -0.351 e. The van der Waals surface area contributed by atoms with Gasteiger partial charge in [-0.1, -0.05) is 60.1 Å². The summed E-state index contributed by atoms with van der Waals surface area (Å²) in [5, 5.41) is 4.10. The number of aromatic nitrogens is 1. The number of para-hydroxylation sites is 1. The molecule has 128 valence electrons. The number of pyridine rings is 1. The summed E-state index contributed by atoms with van der Waals surface area (Å²) in [5.74, 6) is -0.131. The molecule has 3 rings (SSSR count). The van der Waals surface area contributed by atoms with Crippen LogP contribution in [0.1, 0.15) is 15.9 Å². The number of fused-ring (bicyclic) bond motifs is 1. The topological polar surface area (TPSA) is 45.2 Å². The predicted molar refractivity (Wildman–Crippen MR) is 102 cm³/mol. The Bertz CT molecular complexity index is 867. The normalized spacial score (nSPS) is 11.0. The van der Waals surface area contributed by atoms with E-state index in [1.807, 2.05) is 49.5 Å². The van der Waals surface area contributed by atoms with Gasteiger partial charge in [-0.2, -0.15) is 0 Å². The van der Waals surface area contributed by atoms with E-state index in [2.05, 4.69) is 27.3 Å². The van der Waals surface area contributed by atoms with Gasteiger partial charge < -0.3 is 10.2 Å². The van der Waals surface area contributed by atoms with Crippen molar-refractivity contribution in [3.05, 3.63) is 76.9 Å². The van der Waals surface area contributed by atoms with Crippen LogP contribution in [-0.2, 0) is 6.54 Å². The summed E-state index contributed by atoms with van der Waals surface area (Å²) in [6.07, 6.45) is 0. The molecule has 1 aromatic heterocycles. The Morgan fingerprint density at radius 3 is 2.64 bits per heavy atom. The highest BCUT2D eigenvalue weighted by molar-refractivity contribution is 6.30. The second-order valence-electron chi connectivity index (χ2n) is 5.99. The van der Waals surface area contributed by atoms with Gasteiger partial charge in [-0.25, -0.2) is 4.98 Å². The Balaban J connectivity index is 1.60. The molecule has 1 heterocycles. The first kappa shape index (κ1) is 17.4. The number of carbonyl (C=O) groups excluding carboxylic acids is 1. The zero-order valence-electron chi connectivity index (χ0n) is 14.1. The lowest BCUT2D eigenvalue weighted by Gasteiger charge is -2.17. The Kier molecular flexibility index (Phi) is 5.64. The van der Waals surface area contributed by atoms with Crippen LogP contribution >= 0.6 is 11.6 Å². The molecule has 4 nitrogen and oxygen atoms in total. The molecule has 3 aromatic rings. The number of hydrogen-bond acceptors (Lipinski definition) is 3. The summed E-state index contributed by atoms with van der Waals surface area (Å²) in [7, 11) is 2.04. The minimum atomic E-state index is -0.131. The molecule has 0 unspecified atom stereocenters. The number of nitrogens with one attached hydrogen (secondary N) is 1. The maximum Gasteiger partial charge on any atom is 0.252 e. The molecule has 0 radical (unpaired) electrons. The molecule has 0 saturated carbocycles. The molecule has 0 bridgehead atoms. The maximum atomic E-state index is 12.5. The van der Waals surface area contributed by atoms with Crippen LogP contribution in [-0.4, -0.2) is 35.9 Å². The fraction of sp³-hybridized carbons (Fsp3) is 0.200. The zero-order valence-corrected chi connectivity index (χ0v) is 14.8. The number of benzene rings is 2. The van der Waals surface area contributed by atoms with Crippen LogP contribution < -0.4 is 5.32 Å². The van der Waals surface area contributed by atoms with Crippen LogP contribution in [0.15, 0.2) is 60.7 Å². The number of likely N-dealkylation sites (N-methyl/N-ethyl adjacent to an activating group) is 1. The van der Waals surface area contributed by atoms with Gasteiger partial charge in [0.15, 0.2) is 0 Å². The van der Waals surface area contributed by atoms with E-state index >= 15 is 0 Å². The van der Waals surface area contributed by atoms with E-state index in [9.17, 15) is 4.79 Å². The molecule has 2 aromatic carbocycles. The van der Waals surface area contributed by atoms with Crippen molar-refractivity contribution >= 4 is 28.4 Å². The van der Waals surface area contributed by atoms with Crippen LogP contribution in [0.5, 0.6) is 0 Å². The van der Waals surface area contributed by atoms with Crippen molar-refractivity contribution in [2.24, 2.45) is 0 Å². The Hall–Kier alpha value is -2.43. The van der Waals surface area contributed by atoms with Gasteiger partial charge in [0.05, 0.1) is 11.1 Å². The van der Waals surface area contributed by atoms with E-state index in [0.29, 0.717) is 17.3 Å². The summed E-state index contributed by atoms with van der Waals surface area (Å²) < 4.78 is 0. The van der Waals surface area contributed by atoms with Crippen LogP contribution in [0, 0.1) is 0 Å². The Labute approximate surface area is 152 Å². The standard InChI is InChI=1S/C20H20ClN3O/c1-24(14-15-7-3-2-4-8-15)12-11-22-20(25)17-13-19(21)23-18-10-6-5-9-16(17)18/h2-10,13H,11-12,14H2,1H3,(H,22,25). The molecule has 0 spiro atoms. The average Bonchev–Trinajstić information content (AvgIpc) is 2.61. The highest BCUT2D eigenvalue weighted by Gasteiger charge is 2.12. The number of halogens is 1. The third-order valence-corrected chi connectivity index (χ3v) is 4.20.